The minimum atomic E-state index is -3.95. The molecule has 0 fully saturated rings. The van der Waals surface area contributed by atoms with E-state index in [1.807, 2.05) is 49.4 Å². The SMILES string of the molecule is Cc1ccc(S(=O)(=O)N(Cc2ccccc2)c2ccc(OCC(O)CNC(C)(C)Cc3ccc4ccccc4c3)c(C#N)c2)cc1. The number of nitrogens with zero attached hydrogens (tertiary/aromatic N) is 2. The van der Waals surface area contributed by atoms with Gasteiger partial charge < -0.3 is 15.2 Å². The van der Waals surface area contributed by atoms with Gasteiger partial charge in [-0.2, -0.15) is 5.26 Å². The van der Waals surface area contributed by atoms with E-state index in [0.29, 0.717) is 12.2 Å². The van der Waals surface area contributed by atoms with Crippen molar-refractivity contribution in [2.75, 3.05) is 17.5 Å². The summed E-state index contributed by atoms with van der Waals surface area (Å²) in [4.78, 5) is 0.159. The Morgan fingerprint density at radius 2 is 1.57 bits per heavy atom. The third-order valence-corrected chi connectivity index (χ3v) is 9.65. The zero-order chi connectivity index (χ0) is 32.7. The van der Waals surface area contributed by atoms with Gasteiger partial charge in [0, 0.05) is 12.1 Å². The highest BCUT2D eigenvalue weighted by Gasteiger charge is 2.26. The molecule has 0 radical (unpaired) electrons. The Morgan fingerprint density at radius 3 is 2.28 bits per heavy atom. The third-order valence-electron chi connectivity index (χ3n) is 7.86. The summed E-state index contributed by atoms with van der Waals surface area (Å²) in [5.74, 6) is 0.271. The largest absolute Gasteiger partial charge is 0.489 e. The molecule has 0 bridgehead atoms. The van der Waals surface area contributed by atoms with Crippen LogP contribution in [0, 0.1) is 18.3 Å². The van der Waals surface area contributed by atoms with Gasteiger partial charge in [-0.25, -0.2) is 8.42 Å². The van der Waals surface area contributed by atoms with Crippen LogP contribution in [-0.2, 0) is 23.0 Å². The normalized spacial score (nSPS) is 12.4. The number of fused-ring (bicyclic) bond motifs is 1. The standard InChI is InChI=1S/C38H39N3O4S/c1-28-13-18-36(19-14-28)46(43,44)41(26-29-9-5-4-6-10-29)34-17-20-37(33(22-34)24-39)45-27-35(42)25-40-38(2,3)23-30-15-16-31-11-7-8-12-32(31)21-30/h4-22,35,40,42H,23,25-27H2,1-3H3. The highest BCUT2D eigenvalue weighted by Crippen LogP contribution is 2.31. The average molecular weight is 634 g/mol. The first-order valence-corrected chi connectivity index (χ1v) is 16.7. The number of benzene rings is 5. The Balaban J connectivity index is 1.26. The van der Waals surface area contributed by atoms with E-state index < -0.39 is 16.1 Å². The molecule has 0 aliphatic heterocycles. The number of aliphatic hydroxyl groups is 1. The lowest BCUT2D eigenvalue weighted by Gasteiger charge is -2.28. The Labute approximate surface area is 271 Å². The lowest BCUT2D eigenvalue weighted by Crippen LogP contribution is -2.46. The number of nitrogens with one attached hydrogen (secondary N) is 1. The molecule has 0 aromatic heterocycles. The second kappa shape index (κ2) is 14.2. The van der Waals surface area contributed by atoms with Crippen molar-refractivity contribution in [2.45, 2.75) is 50.3 Å². The molecule has 0 spiro atoms. The van der Waals surface area contributed by atoms with E-state index in [4.69, 9.17) is 4.74 Å². The third kappa shape index (κ3) is 8.12. The summed E-state index contributed by atoms with van der Waals surface area (Å²) in [5, 5.41) is 26.5. The monoisotopic (exact) mass is 633 g/mol. The van der Waals surface area contributed by atoms with Gasteiger partial charge in [0.2, 0.25) is 0 Å². The maximum absolute atomic E-state index is 13.8. The van der Waals surface area contributed by atoms with E-state index in [2.05, 4.69) is 55.6 Å². The van der Waals surface area contributed by atoms with Crippen LogP contribution in [0.4, 0.5) is 5.69 Å². The number of hydrogen-bond donors (Lipinski definition) is 2. The zero-order valence-corrected chi connectivity index (χ0v) is 27.2. The smallest absolute Gasteiger partial charge is 0.264 e. The molecule has 236 valence electrons. The van der Waals surface area contributed by atoms with Crippen LogP contribution >= 0.6 is 0 Å². The van der Waals surface area contributed by atoms with E-state index in [-0.39, 0.29) is 34.9 Å². The lowest BCUT2D eigenvalue weighted by atomic mass is 9.93. The summed E-state index contributed by atoms with van der Waals surface area (Å²) in [6.45, 7) is 6.42. The van der Waals surface area contributed by atoms with Crippen molar-refractivity contribution in [1.82, 2.24) is 5.32 Å². The van der Waals surface area contributed by atoms with Crippen LogP contribution in [0.2, 0.25) is 0 Å². The maximum Gasteiger partial charge on any atom is 0.264 e. The number of rotatable bonds is 13. The number of hydrogen-bond acceptors (Lipinski definition) is 6. The van der Waals surface area contributed by atoms with E-state index in [1.54, 1.807) is 36.4 Å². The average Bonchev–Trinajstić information content (AvgIpc) is 3.05. The molecule has 2 N–H and O–H groups in total. The number of sulfonamides is 1. The number of ether oxygens (including phenoxy) is 1. The second-order valence-corrected chi connectivity index (χ2v) is 14.1. The quantitative estimate of drug-likeness (QED) is 0.148. The predicted octanol–water partition coefficient (Wildman–Crippen LogP) is 6.77. The van der Waals surface area contributed by atoms with Crippen LogP contribution in [0.5, 0.6) is 5.75 Å². The molecule has 0 heterocycles. The fourth-order valence-electron chi connectivity index (χ4n) is 5.35. The topological polar surface area (TPSA) is 103 Å². The molecule has 5 rings (SSSR count). The maximum atomic E-state index is 13.8. The zero-order valence-electron chi connectivity index (χ0n) is 26.4. The minimum absolute atomic E-state index is 0.0392. The fraction of sp³-hybridized carbons (Fsp3) is 0.237. The summed E-state index contributed by atoms with van der Waals surface area (Å²) in [5.41, 5.74) is 3.18. The van der Waals surface area contributed by atoms with Crippen LogP contribution in [0.15, 0.2) is 120 Å². The molecular formula is C38H39N3O4S. The molecule has 7 nitrogen and oxygen atoms in total. The molecule has 1 unspecified atom stereocenters. The molecule has 0 saturated heterocycles. The second-order valence-electron chi connectivity index (χ2n) is 12.2. The molecule has 46 heavy (non-hydrogen) atoms. The summed E-state index contributed by atoms with van der Waals surface area (Å²) in [6.07, 6.45) is -0.0604. The van der Waals surface area contributed by atoms with Gasteiger partial charge in [-0.3, -0.25) is 4.31 Å². The van der Waals surface area contributed by atoms with Crippen molar-refractivity contribution in [3.8, 4) is 11.8 Å². The van der Waals surface area contributed by atoms with Crippen LogP contribution in [0.3, 0.4) is 0 Å². The predicted molar refractivity (Wildman–Crippen MR) is 183 cm³/mol. The van der Waals surface area contributed by atoms with Gasteiger partial charge in [-0.15, -0.1) is 0 Å². The van der Waals surface area contributed by atoms with E-state index in [0.717, 1.165) is 17.5 Å². The molecule has 5 aromatic carbocycles. The van der Waals surface area contributed by atoms with Crippen LogP contribution in [0.25, 0.3) is 10.8 Å². The Bertz CT molecular complexity index is 1940. The van der Waals surface area contributed by atoms with E-state index >= 15 is 0 Å². The molecule has 0 saturated carbocycles. The highest BCUT2D eigenvalue weighted by atomic mass is 32.2. The van der Waals surface area contributed by atoms with Crippen LogP contribution in [-0.4, -0.2) is 38.3 Å². The Hall–Kier alpha value is -4.68. The van der Waals surface area contributed by atoms with E-state index in [9.17, 15) is 18.8 Å². The summed E-state index contributed by atoms with van der Waals surface area (Å²) >= 11 is 0. The fourth-order valence-corrected chi connectivity index (χ4v) is 6.79. The van der Waals surface area contributed by atoms with Crippen molar-refractivity contribution in [3.63, 3.8) is 0 Å². The van der Waals surface area contributed by atoms with Gasteiger partial charge in [-0.1, -0.05) is 90.5 Å². The molecule has 0 aliphatic carbocycles. The number of β-amino-alcohol motifs (C(OH)–C–C–N with tert-alkyl or cyclic N) is 1. The van der Waals surface area contributed by atoms with Crippen molar-refractivity contribution >= 4 is 26.5 Å². The first-order valence-electron chi connectivity index (χ1n) is 15.3. The van der Waals surface area contributed by atoms with Crippen molar-refractivity contribution in [3.05, 3.63) is 138 Å². The first-order chi connectivity index (χ1) is 22.0. The molecular weight excluding hydrogens is 595 g/mol. The molecule has 0 amide bonds. The van der Waals surface area contributed by atoms with Crippen molar-refractivity contribution in [2.24, 2.45) is 0 Å². The number of anilines is 1. The van der Waals surface area contributed by atoms with Crippen LogP contribution in [0.1, 0.15) is 36.1 Å². The Kier molecular flexibility index (Phi) is 10.1. The highest BCUT2D eigenvalue weighted by molar-refractivity contribution is 7.92. The van der Waals surface area contributed by atoms with Gasteiger partial charge >= 0.3 is 0 Å². The molecule has 5 aromatic rings. The van der Waals surface area contributed by atoms with E-state index in [1.165, 1.54) is 26.7 Å². The lowest BCUT2D eigenvalue weighted by molar-refractivity contribution is 0.0987. The van der Waals surface area contributed by atoms with Gasteiger partial charge in [0.15, 0.2) is 0 Å². The van der Waals surface area contributed by atoms with Crippen molar-refractivity contribution in [1.29, 1.82) is 5.26 Å². The summed E-state index contributed by atoms with van der Waals surface area (Å²) < 4.78 is 34.9. The molecule has 1 atom stereocenters. The number of aliphatic hydroxyl groups excluding tert-OH is 1. The molecule has 8 heteroatoms. The minimum Gasteiger partial charge on any atom is -0.489 e. The van der Waals surface area contributed by atoms with Crippen molar-refractivity contribution < 1.29 is 18.3 Å². The van der Waals surface area contributed by atoms with Crippen LogP contribution < -0.4 is 14.4 Å². The summed E-state index contributed by atoms with van der Waals surface area (Å²) in [6, 6.07) is 37.6. The van der Waals surface area contributed by atoms with Gasteiger partial charge in [0.25, 0.3) is 10.0 Å². The van der Waals surface area contributed by atoms with Gasteiger partial charge in [0.05, 0.1) is 22.7 Å². The summed E-state index contributed by atoms with van der Waals surface area (Å²) in [7, 11) is -3.95. The Morgan fingerprint density at radius 1 is 0.870 bits per heavy atom. The van der Waals surface area contributed by atoms with Gasteiger partial charge in [-0.05, 0) is 79.4 Å². The number of nitriles is 1. The molecule has 0 aliphatic rings. The number of aryl methyl sites for hydroxylation is 1. The van der Waals surface area contributed by atoms with Gasteiger partial charge in [0.1, 0.15) is 24.5 Å². The first kappa shape index (κ1) is 32.7.